The fourth-order valence-electron chi connectivity index (χ4n) is 1.47. The van der Waals surface area contributed by atoms with Crippen LogP contribution in [0, 0.1) is 11.3 Å². The molecular weight excluding hydrogens is 294 g/mol. The van der Waals surface area contributed by atoms with E-state index in [1.165, 1.54) is 22.7 Å². The van der Waals surface area contributed by atoms with Crippen molar-refractivity contribution < 1.29 is 9.59 Å². The highest BCUT2D eigenvalue weighted by Gasteiger charge is 2.09. The number of amides is 2. The topological polar surface area (TPSA) is 82.0 Å². The van der Waals surface area contributed by atoms with Crippen LogP contribution in [-0.4, -0.2) is 18.4 Å². The molecule has 0 saturated heterocycles. The second-order valence-electron chi connectivity index (χ2n) is 3.84. The van der Waals surface area contributed by atoms with Gasteiger partial charge in [0, 0.05) is 23.9 Å². The predicted octanol–water partition coefficient (Wildman–Crippen LogP) is 2.44. The predicted molar refractivity (Wildman–Crippen MR) is 78.9 cm³/mol. The largest absolute Gasteiger partial charge is 0.351 e. The van der Waals surface area contributed by atoms with Crippen molar-refractivity contribution in [2.45, 2.75) is 6.42 Å². The lowest BCUT2D eigenvalue weighted by Crippen LogP contribution is -2.27. The van der Waals surface area contributed by atoms with Crippen molar-refractivity contribution in [3.63, 3.8) is 0 Å². The number of hydrogen-bond acceptors (Lipinski definition) is 5. The van der Waals surface area contributed by atoms with Gasteiger partial charge in [-0.1, -0.05) is 0 Å². The van der Waals surface area contributed by atoms with Crippen LogP contribution in [0.4, 0.5) is 5.00 Å². The Morgan fingerprint density at radius 2 is 2.15 bits per heavy atom. The number of carbonyl (C=O) groups is 2. The fraction of sp³-hybridized carbons (Fsp3) is 0.154. The van der Waals surface area contributed by atoms with E-state index >= 15 is 0 Å². The minimum absolute atomic E-state index is 0.165. The summed E-state index contributed by atoms with van der Waals surface area (Å²) in [5, 5.41) is 20.0. The standard InChI is InChI=1S/C13H11N3O2S2/c14-7-9-3-6-20-13(9)16-11(17)1-4-15-12(18)10-2-5-19-8-10/h2-3,5-6,8H,1,4H2,(H,15,18)(H,16,17). The zero-order valence-electron chi connectivity index (χ0n) is 10.4. The summed E-state index contributed by atoms with van der Waals surface area (Å²) in [7, 11) is 0. The Labute approximate surface area is 123 Å². The zero-order chi connectivity index (χ0) is 14.4. The highest BCUT2D eigenvalue weighted by atomic mass is 32.1. The molecule has 2 N–H and O–H groups in total. The fourth-order valence-corrected chi connectivity index (χ4v) is 2.86. The van der Waals surface area contributed by atoms with Gasteiger partial charge in [0.2, 0.25) is 5.91 Å². The SMILES string of the molecule is N#Cc1ccsc1NC(=O)CCNC(=O)c1ccsc1. The van der Waals surface area contributed by atoms with Crippen molar-refractivity contribution in [1.82, 2.24) is 5.32 Å². The first-order valence-electron chi connectivity index (χ1n) is 5.78. The molecule has 0 aliphatic rings. The number of hydrogen-bond donors (Lipinski definition) is 2. The van der Waals surface area contributed by atoms with Gasteiger partial charge in [0.1, 0.15) is 11.1 Å². The molecule has 7 heteroatoms. The van der Waals surface area contributed by atoms with Crippen molar-refractivity contribution in [1.29, 1.82) is 5.26 Å². The molecule has 0 radical (unpaired) electrons. The lowest BCUT2D eigenvalue weighted by atomic mass is 10.3. The van der Waals surface area contributed by atoms with E-state index in [1.807, 2.05) is 11.4 Å². The van der Waals surface area contributed by atoms with Crippen LogP contribution in [0.3, 0.4) is 0 Å². The minimum atomic E-state index is -0.227. The van der Waals surface area contributed by atoms with E-state index < -0.39 is 0 Å². The second-order valence-corrected chi connectivity index (χ2v) is 5.54. The molecule has 0 fully saturated rings. The molecule has 0 bridgehead atoms. The molecule has 0 atom stereocenters. The van der Waals surface area contributed by atoms with Crippen LogP contribution in [0.1, 0.15) is 22.3 Å². The summed E-state index contributed by atoms with van der Waals surface area (Å²) in [6, 6.07) is 5.38. The quantitative estimate of drug-likeness (QED) is 0.890. The average molecular weight is 305 g/mol. The number of nitrogens with zero attached hydrogens (tertiary/aromatic N) is 1. The first kappa shape index (κ1) is 14.2. The first-order valence-corrected chi connectivity index (χ1v) is 7.61. The molecule has 5 nitrogen and oxygen atoms in total. The summed E-state index contributed by atoms with van der Waals surface area (Å²) in [6.07, 6.45) is 0.165. The number of anilines is 1. The number of nitriles is 1. The van der Waals surface area contributed by atoms with Crippen LogP contribution < -0.4 is 10.6 Å². The van der Waals surface area contributed by atoms with Gasteiger partial charge in [-0.25, -0.2) is 0 Å². The Balaban J connectivity index is 1.76. The minimum Gasteiger partial charge on any atom is -0.351 e. The van der Waals surface area contributed by atoms with Gasteiger partial charge < -0.3 is 10.6 Å². The number of rotatable bonds is 5. The Bertz CT molecular complexity index is 641. The van der Waals surface area contributed by atoms with Crippen molar-refractivity contribution in [2.75, 3.05) is 11.9 Å². The summed E-state index contributed by atoms with van der Waals surface area (Å²) < 4.78 is 0. The van der Waals surface area contributed by atoms with Gasteiger partial charge in [-0.05, 0) is 22.9 Å². The Morgan fingerprint density at radius 3 is 2.85 bits per heavy atom. The molecule has 0 saturated carbocycles. The van der Waals surface area contributed by atoms with Crippen LogP contribution in [-0.2, 0) is 4.79 Å². The summed E-state index contributed by atoms with van der Waals surface area (Å²) in [6.45, 7) is 0.258. The number of thiophene rings is 2. The molecule has 2 amide bonds. The van der Waals surface area contributed by atoms with Gasteiger partial charge in [-0.3, -0.25) is 9.59 Å². The third-order valence-corrected chi connectivity index (χ3v) is 3.97. The summed E-state index contributed by atoms with van der Waals surface area (Å²) in [5.41, 5.74) is 1.05. The van der Waals surface area contributed by atoms with Crippen LogP contribution in [0.15, 0.2) is 28.3 Å². The number of nitrogens with one attached hydrogen (secondary N) is 2. The second kappa shape index (κ2) is 6.84. The van der Waals surface area contributed by atoms with Crippen molar-refractivity contribution >= 4 is 39.5 Å². The highest BCUT2D eigenvalue weighted by molar-refractivity contribution is 7.14. The van der Waals surface area contributed by atoms with E-state index in [0.29, 0.717) is 16.1 Å². The molecule has 2 aromatic heterocycles. The first-order chi connectivity index (χ1) is 9.70. The zero-order valence-corrected chi connectivity index (χ0v) is 12.0. The van der Waals surface area contributed by atoms with E-state index in [1.54, 1.807) is 22.9 Å². The molecule has 2 heterocycles. The maximum absolute atomic E-state index is 11.7. The average Bonchev–Trinajstić information content (AvgIpc) is 3.09. The lowest BCUT2D eigenvalue weighted by molar-refractivity contribution is -0.116. The molecule has 2 aromatic rings. The van der Waals surface area contributed by atoms with Crippen molar-refractivity contribution in [3.05, 3.63) is 39.4 Å². The van der Waals surface area contributed by atoms with Gasteiger partial charge in [0.15, 0.2) is 0 Å². The summed E-state index contributed by atoms with van der Waals surface area (Å²) >= 11 is 2.75. The van der Waals surface area contributed by atoms with Gasteiger partial charge >= 0.3 is 0 Å². The molecule has 2 rings (SSSR count). The summed E-state index contributed by atoms with van der Waals surface area (Å²) in [4.78, 5) is 23.3. The van der Waals surface area contributed by atoms with E-state index in [-0.39, 0.29) is 24.8 Å². The third-order valence-electron chi connectivity index (χ3n) is 2.46. The van der Waals surface area contributed by atoms with E-state index in [4.69, 9.17) is 5.26 Å². The van der Waals surface area contributed by atoms with Gasteiger partial charge in [0.25, 0.3) is 5.91 Å². The Morgan fingerprint density at radius 1 is 1.30 bits per heavy atom. The molecule has 0 aliphatic heterocycles. The molecule has 0 aromatic carbocycles. The highest BCUT2D eigenvalue weighted by Crippen LogP contribution is 2.22. The van der Waals surface area contributed by atoms with Crippen LogP contribution in [0.5, 0.6) is 0 Å². The van der Waals surface area contributed by atoms with Crippen LogP contribution in [0.2, 0.25) is 0 Å². The van der Waals surface area contributed by atoms with Gasteiger partial charge in [0.05, 0.1) is 5.56 Å². The van der Waals surface area contributed by atoms with Crippen molar-refractivity contribution in [2.24, 2.45) is 0 Å². The third kappa shape index (κ3) is 3.66. The van der Waals surface area contributed by atoms with Gasteiger partial charge in [-0.15, -0.1) is 11.3 Å². The smallest absolute Gasteiger partial charge is 0.252 e. The van der Waals surface area contributed by atoms with Crippen LogP contribution >= 0.6 is 22.7 Å². The maximum atomic E-state index is 11.7. The van der Waals surface area contributed by atoms with Crippen molar-refractivity contribution in [3.8, 4) is 6.07 Å². The molecule has 102 valence electrons. The normalized spacial score (nSPS) is 9.75. The molecule has 0 unspecified atom stereocenters. The van der Waals surface area contributed by atoms with Crippen LogP contribution in [0.25, 0.3) is 0 Å². The Kier molecular flexibility index (Phi) is 4.87. The van der Waals surface area contributed by atoms with E-state index in [0.717, 1.165) is 0 Å². The van der Waals surface area contributed by atoms with E-state index in [9.17, 15) is 9.59 Å². The molecular formula is C13H11N3O2S2. The molecule has 0 aliphatic carbocycles. The lowest BCUT2D eigenvalue weighted by Gasteiger charge is -2.05. The number of carbonyl (C=O) groups excluding carboxylic acids is 2. The summed E-state index contributed by atoms with van der Waals surface area (Å²) in [5.74, 6) is -0.414. The monoisotopic (exact) mass is 305 g/mol. The Hall–Kier alpha value is -2.17. The maximum Gasteiger partial charge on any atom is 0.252 e. The van der Waals surface area contributed by atoms with Gasteiger partial charge in [-0.2, -0.15) is 16.6 Å². The molecule has 20 heavy (non-hydrogen) atoms. The molecule has 0 spiro atoms. The van der Waals surface area contributed by atoms with E-state index in [2.05, 4.69) is 10.6 Å².